The lowest BCUT2D eigenvalue weighted by Crippen LogP contribution is -2.52. The molecule has 42 heavy (non-hydrogen) atoms. The fraction of sp³-hybridized carbons (Fsp3) is 0.355. The van der Waals surface area contributed by atoms with E-state index in [1.165, 1.54) is 4.90 Å². The lowest BCUT2D eigenvalue weighted by Gasteiger charge is -2.33. The molecule has 3 aromatic rings. The van der Waals surface area contributed by atoms with Crippen LogP contribution in [0.1, 0.15) is 38.3 Å². The highest BCUT2D eigenvalue weighted by Gasteiger charge is 2.32. The molecule has 0 saturated carbocycles. The van der Waals surface area contributed by atoms with E-state index in [0.717, 1.165) is 16.1 Å². The first-order valence-electron chi connectivity index (χ1n) is 13.6. The minimum atomic E-state index is -3.89. The van der Waals surface area contributed by atoms with Crippen LogP contribution in [-0.4, -0.2) is 50.5 Å². The van der Waals surface area contributed by atoms with Crippen LogP contribution in [0.3, 0.4) is 0 Å². The summed E-state index contributed by atoms with van der Waals surface area (Å²) in [5.41, 5.74) is 1.74. The molecule has 0 unspecified atom stereocenters. The first kappa shape index (κ1) is 33.2. The minimum Gasteiger partial charge on any atom is -0.489 e. The van der Waals surface area contributed by atoms with Crippen molar-refractivity contribution < 1.29 is 22.7 Å². The summed E-state index contributed by atoms with van der Waals surface area (Å²) in [6.45, 7) is 5.90. The van der Waals surface area contributed by atoms with E-state index in [0.29, 0.717) is 40.9 Å². The number of nitrogens with one attached hydrogen (secondary N) is 1. The molecule has 1 N–H and O–H groups in total. The van der Waals surface area contributed by atoms with E-state index in [2.05, 4.69) is 5.32 Å². The van der Waals surface area contributed by atoms with Crippen molar-refractivity contribution in [3.8, 4) is 5.75 Å². The highest BCUT2D eigenvalue weighted by Crippen LogP contribution is 2.28. The zero-order valence-corrected chi connectivity index (χ0v) is 26.5. The molecule has 0 aromatic heterocycles. The second-order valence-corrected chi connectivity index (χ2v) is 13.0. The summed E-state index contributed by atoms with van der Waals surface area (Å²) in [6, 6.07) is 20.2. The maximum Gasteiger partial charge on any atom is 0.244 e. The summed E-state index contributed by atoms with van der Waals surface area (Å²) in [7, 11) is -3.89. The Bertz CT molecular complexity index is 1430. The van der Waals surface area contributed by atoms with Crippen molar-refractivity contribution in [1.82, 2.24) is 10.2 Å². The molecule has 2 amide bonds. The number of anilines is 1. The number of amides is 2. The van der Waals surface area contributed by atoms with Crippen LogP contribution in [0.15, 0.2) is 72.8 Å². The lowest BCUT2D eigenvalue weighted by molar-refractivity contribution is -0.140. The first-order valence-corrected chi connectivity index (χ1v) is 16.3. The Morgan fingerprint density at radius 3 is 2.10 bits per heavy atom. The van der Waals surface area contributed by atoms with Gasteiger partial charge in [-0.05, 0) is 54.3 Å². The van der Waals surface area contributed by atoms with E-state index in [4.69, 9.17) is 27.9 Å². The van der Waals surface area contributed by atoms with Crippen LogP contribution >= 0.6 is 23.2 Å². The van der Waals surface area contributed by atoms with E-state index < -0.39 is 28.5 Å². The number of hydrogen-bond donors (Lipinski definition) is 1. The van der Waals surface area contributed by atoms with Gasteiger partial charge in [0, 0.05) is 28.7 Å². The van der Waals surface area contributed by atoms with Gasteiger partial charge < -0.3 is 15.0 Å². The zero-order chi connectivity index (χ0) is 30.9. The van der Waals surface area contributed by atoms with Crippen LogP contribution in [0.25, 0.3) is 0 Å². The molecular formula is C31H37Cl2N3O5S. The Labute approximate surface area is 258 Å². The van der Waals surface area contributed by atoms with E-state index in [9.17, 15) is 18.0 Å². The predicted octanol–water partition coefficient (Wildman–Crippen LogP) is 5.92. The number of nitrogens with zero attached hydrogens (tertiary/aromatic N) is 2. The Kier molecular flexibility index (Phi) is 12.1. The van der Waals surface area contributed by atoms with Crippen molar-refractivity contribution >= 4 is 50.7 Å². The summed E-state index contributed by atoms with van der Waals surface area (Å²) in [6.07, 6.45) is 1.33. The molecule has 0 spiro atoms. The van der Waals surface area contributed by atoms with Crippen LogP contribution in [0, 0.1) is 5.92 Å². The van der Waals surface area contributed by atoms with Crippen LogP contribution in [0.4, 0.5) is 5.69 Å². The van der Waals surface area contributed by atoms with Crippen LogP contribution in [0.5, 0.6) is 5.75 Å². The number of ether oxygens (including phenoxy) is 1. The molecule has 0 aliphatic rings. The van der Waals surface area contributed by atoms with E-state index in [1.807, 2.05) is 44.2 Å². The number of halogens is 2. The van der Waals surface area contributed by atoms with Crippen LogP contribution < -0.4 is 14.4 Å². The fourth-order valence-corrected chi connectivity index (χ4v) is 5.63. The molecule has 3 aromatic carbocycles. The zero-order valence-electron chi connectivity index (χ0n) is 24.2. The fourth-order valence-electron chi connectivity index (χ4n) is 4.26. The standard InChI is InChI=1S/C31H37Cl2N3O5S/c1-5-29(31(38)34-18-22(2)3)35(19-26-27(32)12-9-13-28(26)33)30(37)20-36(42(4,39)40)24-14-16-25(17-15-24)41-21-23-10-7-6-8-11-23/h6-17,22,29H,5,18-21H2,1-4H3,(H,34,38)/t29-/m1/s1. The maximum atomic E-state index is 13.9. The van der Waals surface area contributed by atoms with E-state index in [1.54, 1.807) is 49.4 Å². The van der Waals surface area contributed by atoms with Gasteiger partial charge in [0.25, 0.3) is 0 Å². The average Bonchev–Trinajstić information content (AvgIpc) is 2.95. The molecule has 226 valence electrons. The van der Waals surface area contributed by atoms with Gasteiger partial charge >= 0.3 is 0 Å². The minimum absolute atomic E-state index is 0.0746. The van der Waals surface area contributed by atoms with Crippen molar-refractivity contribution in [2.75, 3.05) is 23.7 Å². The third-order valence-corrected chi connectivity index (χ3v) is 8.36. The molecule has 0 aliphatic heterocycles. The summed E-state index contributed by atoms with van der Waals surface area (Å²) < 4.78 is 32.6. The average molecular weight is 635 g/mol. The molecule has 0 fully saturated rings. The monoisotopic (exact) mass is 633 g/mol. The van der Waals surface area contributed by atoms with E-state index in [-0.39, 0.29) is 24.1 Å². The third-order valence-electron chi connectivity index (χ3n) is 6.51. The summed E-state index contributed by atoms with van der Waals surface area (Å²) >= 11 is 12.8. The van der Waals surface area contributed by atoms with Gasteiger partial charge in [-0.25, -0.2) is 8.42 Å². The number of carbonyl (C=O) groups is 2. The second kappa shape index (κ2) is 15.3. The first-order chi connectivity index (χ1) is 19.9. The van der Waals surface area contributed by atoms with Crippen molar-refractivity contribution in [3.05, 3.63) is 94.0 Å². The summed E-state index contributed by atoms with van der Waals surface area (Å²) in [5, 5.41) is 3.56. The number of sulfonamides is 1. The molecule has 0 bridgehead atoms. The van der Waals surface area contributed by atoms with Gasteiger partial charge in [-0.15, -0.1) is 0 Å². The Morgan fingerprint density at radius 1 is 0.929 bits per heavy atom. The largest absolute Gasteiger partial charge is 0.489 e. The van der Waals surface area contributed by atoms with Gasteiger partial charge in [0.05, 0.1) is 11.9 Å². The van der Waals surface area contributed by atoms with Gasteiger partial charge in [-0.1, -0.05) is 80.4 Å². The van der Waals surface area contributed by atoms with Crippen molar-refractivity contribution in [3.63, 3.8) is 0 Å². The molecule has 3 rings (SSSR count). The Balaban J connectivity index is 1.88. The predicted molar refractivity (Wildman–Crippen MR) is 168 cm³/mol. The SMILES string of the molecule is CC[C@H](C(=O)NCC(C)C)N(Cc1c(Cl)cccc1Cl)C(=O)CN(c1ccc(OCc2ccccc2)cc1)S(C)(=O)=O. The number of hydrogen-bond acceptors (Lipinski definition) is 5. The molecule has 0 radical (unpaired) electrons. The summed E-state index contributed by atoms with van der Waals surface area (Å²) in [4.78, 5) is 28.5. The Morgan fingerprint density at radius 2 is 1.55 bits per heavy atom. The van der Waals surface area contributed by atoms with Gasteiger partial charge in [0.2, 0.25) is 21.8 Å². The molecule has 8 nitrogen and oxygen atoms in total. The topological polar surface area (TPSA) is 96.0 Å². The van der Waals surface area contributed by atoms with Gasteiger partial charge in [-0.3, -0.25) is 13.9 Å². The van der Waals surface area contributed by atoms with Crippen molar-refractivity contribution in [2.24, 2.45) is 5.92 Å². The van der Waals surface area contributed by atoms with Crippen molar-refractivity contribution in [2.45, 2.75) is 46.4 Å². The summed E-state index contributed by atoms with van der Waals surface area (Å²) in [5.74, 6) is -0.167. The smallest absolute Gasteiger partial charge is 0.244 e. The molecule has 0 aliphatic carbocycles. The number of carbonyl (C=O) groups excluding carboxylic acids is 2. The third kappa shape index (κ3) is 9.37. The van der Waals surface area contributed by atoms with Gasteiger partial charge in [0.1, 0.15) is 24.9 Å². The van der Waals surface area contributed by atoms with Gasteiger partial charge in [0.15, 0.2) is 0 Å². The van der Waals surface area contributed by atoms with Gasteiger partial charge in [-0.2, -0.15) is 0 Å². The van der Waals surface area contributed by atoms with E-state index >= 15 is 0 Å². The normalized spacial score (nSPS) is 12.1. The van der Waals surface area contributed by atoms with Crippen LogP contribution in [0.2, 0.25) is 10.0 Å². The molecule has 1 atom stereocenters. The van der Waals surface area contributed by atoms with Crippen LogP contribution in [-0.2, 0) is 32.8 Å². The second-order valence-electron chi connectivity index (χ2n) is 10.3. The quantitative estimate of drug-likeness (QED) is 0.238. The number of benzene rings is 3. The lowest BCUT2D eigenvalue weighted by atomic mass is 10.1. The highest BCUT2D eigenvalue weighted by atomic mass is 35.5. The molecule has 0 saturated heterocycles. The van der Waals surface area contributed by atoms with Crippen molar-refractivity contribution in [1.29, 1.82) is 0 Å². The Hall–Kier alpha value is -3.27. The molecule has 11 heteroatoms. The molecular weight excluding hydrogens is 597 g/mol. The highest BCUT2D eigenvalue weighted by molar-refractivity contribution is 7.92. The molecule has 0 heterocycles. The maximum absolute atomic E-state index is 13.9. The number of rotatable bonds is 14.